The van der Waals surface area contributed by atoms with Crippen LogP contribution in [-0.2, 0) is 5.54 Å². The van der Waals surface area contributed by atoms with Gasteiger partial charge in [0.05, 0.1) is 5.54 Å². The summed E-state index contributed by atoms with van der Waals surface area (Å²) in [5.41, 5.74) is 2.23. The summed E-state index contributed by atoms with van der Waals surface area (Å²) in [6.45, 7) is 2.17. The molecule has 0 aliphatic heterocycles. The summed E-state index contributed by atoms with van der Waals surface area (Å²) in [4.78, 5) is 4.18. The van der Waals surface area contributed by atoms with E-state index in [1.807, 2.05) is 25.4 Å². The van der Waals surface area contributed by atoms with Crippen molar-refractivity contribution in [2.45, 2.75) is 12.5 Å². The maximum Gasteiger partial charge on any atom is 0.0674 e. The van der Waals surface area contributed by atoms with Crippen LogP contribution in [0, 0.1) is 0 Å². The van der Waals surface area contributed by atoms with Gasteiger partial charge in [0.1, 0.15) is 0 Å². The van der Waals surface area contributed by atoms with Crippen LogP contribution in [0.4, 0.5) is 0 Å². The molecular formula is C14H16N2. The first-order chi connectivity index (χ1) is 7.77. The Morgan fingerprint density at radius 1 is 1.00 bits per heavy atom. The predicted molar refractivity (Wildman–Crippen MR) is 66.2 cm³/mol. The van der Waals surface area contributed by atoms with Gasteiger partial charge in [-0.1, -0.05) is 36.4 Å². The fourth-order valence-electron chi connectivity index (χ4n) is 1.89. The highest BCUT2D eigenvalue weighted by Gasteiger charge is 2.26. The third-order valence-corrected chi connectivity index (χ3v) is 3.09. The largest absolute Gasteiger partial charge is 0.307 e. The molecule has 82 valence electrons. The van der Waals surface area contributed by atoms with Crippen molar-refractivity contribution in [3.63, 3.8) is 0 Å². The highest BCUT2D eigenvalue weighted by atomic mass is 14.9. The molecule has 0 saturated heterocycles. The summed E-state index contributed by atoms with van der Waals surface area (Å²) in [6.07, 6.45) is 3.70. The molecule has 0 bridgehead atoms. The lowest BCUT2D eigenvalue weighted by Crippen LogP contribution is -2.37. The molecule has 0 unspecified atom stereocenters. The van der Waals surface area contributed by atoms with E-state index in [4.69, 9.17) is 0 Å². The van der Waals surface area contributed by atoms with Gasteiger partial charge in [0, 0.05) is 12.4 Å². The molecule has 1 atom stereocenters. The van der Waals surface area contributed by atoms with Gasteiger partial charge in [-0.25, -0.2) is 0 Å². The van der Waals surface area contributed by atoms with E-state index < -0.39 is 0 Å². The molecule has 0 aliphatic carbocycles. The summed E-state index contributed by atoms with van der Waals surface area (Å²) in [6, 6.07) is 14.5. The molecule has 0 saturated carbocycles. The quantitative estimate of drug-likeness (QED) is 0.845. The zero-order chi connectivity index (χ0) is 11.4. The summed E-state index contributed by atoms with van der Waals surface area (Å²) in [7, 11) is 1.97. The van der Waals surface area contributed by atoms with Crippen LogP contribution in [-0.4, -0.2) is 12.0 Å². The summed E-state index contributed by atoms with van der Waals surface area (Å²) >= 11 is 0. The van der Waals surface area contributed by atoms with Crippen LogP contribution in [0.1, 0.15) is 18.1 Å². The summed E-state index contributed by atoms with van der Waals surface area (Å²) in [5, 5.41) is 3.37. The van der Waals surface area contributed by atoms with E-state index in [9.17, 15) is 0 Å². The molecular weight excluding hydrogens is 196 g/mol. The number of benzene rings is 1. The van der Waals surface area contributed by atoms with Gasteiger partial charge in [0.25, 0.3) is 0 Å². The van der Waals surface area contributed by atoms with Gasteiger partial charge in [-0.15, -0.1) is 0 Å². The molecule has 0 spiro atoms. The number of rotatable bonds is 3. The Morgan fingerprint density at radius 2 is 1.69 bits per heavy atom. The van der Waals surface area contributed by atoms with Crippen LogP contribution < -0.4 is 5.32 Å². The molecule has 0 fully saturated rings. The van der Waals surface area contributed by atoms with Crippen molar-refractivity contribution in [1.82, 2.24) is 10.3 Å². The molecule has 1 N–H and O–H groups in total. The maximum absolute atomic E-state index is 4.18. The normalized spacial score (nSPS) is 14.4. The molecule has 0 aliphatic rings. The van der Waals surface area contributed by atoms with Crippen LogP contribution in [0.2, 0.25) is 0 Å². The molecule has 0 radical (unpaired) electrons. The Hall–Kier alpha value is -1.67. The van der Waals surface area contributed by atoms with Crippen molar-refractivity contribution < 1.29 is 0 Å². The van der Waals surface area contributed by atoms with E-state index in [0.717, 1.165) is 0 Å². The minimum absolute atomic E-state index is 0.185. The van der Waals surface area contributed by atoms with Crippen molar-refractivity contribution in [3.8, 4) is 0 Å². The maximum atomic E-state index is 4.18. The Morgan fingerprint density at radius 3 is 2.25 bits per heavy atom. The Kier molecular flexibility index (Phi) is 3.02. The van der Waals surface area contributed by atoms with Crippen LogP contribution in [0.5, 0.6) is 0 Å². The highest BCUT2D eigenvalue weighted by molar-refractivity contribution is 5.35. The lowest BCUT2D eigenvalue weighted by Gasteiger charge is -2.30. The molecule has 0 amide bonds. The van der Waals surface area contributed by atoms with Crippen LogP contribution in [0.3, 0.4) is 0 Å². The van der Waals surface area contributed by atoms with E-state index in [-0.39, 0.29) is 5.54 Å². The molecule has 16 heavy (non-hydrogen) atoms. The number of nitrogens with zero attached hydrogens (tertiary/aromatic N) is 1. The zero-order valence-electron chi connectivity index (χ0n) is 9.64. The molecule has 2 heteroatoms. The summed E-state index contributed by atoms with van der Waals surface area (Å²) in [5.74, 6) is 0. The first-order valence-electron chi connectivity index (χ1n) is 5.42. The van der Waals surface area contributed by atoms with Crippen molar-refractivity contribution >= 4 is 0 Å². The number of pyridine rings is 1. The Bertz CT molecular complexity index is 397. The van der Waals surface area contributed by atoms with Crippen molar-refractivity contribution in [2.24, 2.45) is 0 Å². The molecule has 2 nitrogen and oxygen atoms in total. The van der Waals surface area contributed by atoms with E-state index in [1.54, 1.807) is 6.20 Å². The number of hydrogen-bond donors (Lipinski definition) is 1. The van der Waals surface area contributed by atoms with Gasteiger partial charge in [-0.05, 0) is 31.2 Å². The fraction of sp³-hybridized carbons (Fsp3) is 0.214. The topological polar surface area (TPSA) is 24.9 Å². The minimum Gasteiger partial charge on any atom is -0.307 e. The van der Waals surface area contributed by atoms with Crippen molar-refractivity contribution in [3.05, 3.63) is 66.0 Å². The second-order valence-corrected chi connectivity index (χ2v) is 3.98. The smallest absolute Gasteiger partial charge is 0.0674 e. The molecule has 1 heterocycles. The molecule has 2 rings (SSSR count). The van der Waals surface area contributed by atoms with Gasteiger partial charge >= 0.3 is 0 Å². The zero-order valence-corrected chi connectivity index (χ0v) is 9.64. The number of hydrogen-bond acceptors (Lipinski definition) is 2. The first-order valence-corrected chi connectivity index (χ1v) is 5.42. The SMILES string of the molecule is CN[C@@](C)(c1ccccc1)c1cccnc1. The average Bonchev–Trinajstić information content (AvgIpc) is 2.40. The third kappa shape index (κ3) is 1.84. The standard InChI is InChI=1S/C14H16N2/c1-14(15-2,12-7-4-3-5-8-12)13-9-6-10-16-11-13/h3-11,15H,1-2H3/t14-/m0/s1. The number of nitrogens with one attached hydrogen (secondary N) is 1. The van der Waals surface area contributed by atoms with Crippen molar-refractivity contribution in [1.29, 1.82) is 0 Å². The van der Waals surface area contributed by atoms with E-state index >= 15 is 0 Å². The Balaban J connectivity index is 2.49. The van der Waals surface area contributed by atoms with E-state index in [2.05, 4.69) is 47.6 Å². The minimum atomic E-state index is -0.185. The van der Waals surface area contributed by atoms with Gasteiger partial charge in [-0.2, -0.15) is 0 Å². The van der Waals surface area contributed by atoms with Gasteiger partial charge < -0.3 is 5.32 Å². The molecule has 1 aromatic heterocycles. The second-order valence-electron chi connectivity index (χ2n) is 3.98. The summed E-state index contributed by atoms with van der Waals surface area (Å²) < 4.78 is 0. The molecule has 2 aromatic rings. The first kappa shape index (κ1) is 10.8. The second kappa shape index (κ2) is 4.45. The van der Waals surface area contributed by atoms with Gasteiger partial charge in [0.2, 0.25) is 0 Å². The monoisotopic (exact) mass is 212 g/mol. The van der Waals surface area contributed by atoms with E-state index in [0.29, 0.717) is 0 Å². The average molecular weight is 212 g/mol. The lowest BCUT2D eigenvalue weighted by molar-refractivity contribution is 0.483. The highest BCUT2D eigenvalue weighted by Crippen LogP contribution is 2.27. The number of aromatic nitrogens is 1. The van der Waals surface area contributed by atoms with E-state index in [1.165, 1.54) is 11.1 Å². The molecule has 1 aromatic carbocycles. The van der Waals surface area contributed by atoms with Crippen LogP contribution >= 0.6 is 0 Å². The van der Waals surface area contributed by atoms with Gasteiger partial charge in [-0.3, -0.25) is 4.98 Å². The van der Waals surface area contributed by atoms with Gasteiger partial charge in [0.15, 0.2) is 0 Å². The predicted octanol–water partition coefficient (Wildman–Crippen LogP) is 2.56. The fourth-order valence-corrected chi connectivity index (χ4v) is 1.89. The van der Waals surface area contributed by atoms with Crippen molar-refractivity contribution in [2.75, 3.05) is 7.05 Å². The van der Waals surface area contributed by atoms with Crippen LogP contribution in [0.25, 0.3) is 0 Å². The Labute approximate surface area is 96.4 Å². The lowest BCUT2D eigenvalue weighted by atomic mass is 9.86. The van der Waals surface area contributed by atoms with Crippen LogP contribution in [0.15, 0.2) is 54.9 Å². The third-order valence-electron chi connectivity index (χ3n) is 3.09.